The Labute approximate surface area is 151 Å². The maximum absolute atomic E-state index is 13.0. The van der Waals surface area contributed by atoms with Crippen LogP contribution in [0.3, 0.4) is 0 Å². The number of hydrogen-bond acceptors (Lipinski definition) is 2. The number of amides is 2. The van der Waals surface area contributed by atoms with Crippen molar-refractivity contribution < 1.29 is 9.59 Å². The van der Waals surface area contributed by atoms with Gasteiger partial charge in [0.25, 0.3) is 5.91 Å². The van der Waals surface area contributed by atoms with Gasteiger partial charge in [-0.2, -0.15) is 0 Å². The van der Waals surface area contributed by atoms with Crippen molar-refractivity contribution in [2.24, 2.45) is 5.73 Å². The number of para-hydroxylation sites is 1. The number of piperidine rings is 1. The maximum Gasteiger partial charge on any atom is 0.255 e. The molecule has 5 heteroatoms. The van der Waals surface area contributed by atoms with E-state index >= 15 is 0 Å². The molecule has 1 fully saturated rings. The average Bonchev–Trinajstić information content (AvgIpc) is 3.17. The van der Waals surface area contributed by atoms with E-state index in [0.29, 0.717) is 31.5 Å². The zero-order valence-corrected chi connectivity index (χ0v) is 14.4. The number of hydrogen-bond donors (Lipinski definition) is 2. The minimum atomic E-state index is -0.698. The molecule has 0 radical (unpaired) electrons. The summed E-state index contributed by atoms with van der Waals surface area (Å²) in [5, 5.41) is 1.02. The molecule has 0 saturated carbocycles. The third-order valence-electron chi connectivity index (χ3n) is 5.52. The fraction of sp³-hybridized carbons (Fsp3) is 0.238. The minimum absolute atomic E-state index is 0.0100. The third-order valence-corrected chi connectivity index (χ3v) is 5.52. The van der Waals surface area contributed by atoms with Gasteiger partial charge >= 0.3 is 0 Å². The van der Waals surface area contributed by atoms with E-state index in [-0.39, 0.29) is 11.8 Å². The van der Waals surface area contributed by atoms with Gasteiger partial charge in [0.2, 0.25) is 5.91 Å². The van der Waals surface area contributed by atoms with Gasteiger partial charge in [0.05, 0.1) is 16.5 Å². The normalized spacial score (nSPS) is 16.5. The number of benzene rings is 2. The van der Waals surface area contributed by atoms with Crippen molar-refractivity contribution >= 4 is 22.7 Å². The summed E-state index contributed by atoms with van der Waals surface area (Å²) in [6.45, 7) is 1.02. The van der Waals surface area contributed by atoms with Crippen LogP contribution in [0.5, 0.6) is 0 Å². The first-order chi connectivity index (χ1) is 12.6. The van der Waals surface area contributed by atoms with E-state index in [2.05, 4.69) is 4.98 Å². The Kier molecular flexibility index (Phi) is 3.99. The summed E-state index contributed by atoms with van der Waals surface area (Å²) >= 11 is 0. The predicted molar refractivity (Wildman–Crippen MR) is 101 cm³/mol. The van der Waals surface area contributed by atoms with Crippen molar-refractivity contribution in [2.75, 3.05) is 13.1 Å². The van der Waals surface area contributed by atoms with Crippen molar-refractivity contribution in [1.29, 1.82) is 0 Å². The number of nitrogens with two attached hydrogens (primary N) is 1. The van der Waals surface area contributed by atoms with Crippen molar-refractivity contribution in [1.82, 2.24) is 9.88 Å². The Morgan fingerprint density at radius 3 is 2.38 bits per heavy atom. The monoisotopic (exact) mass is 347 g/mol. The highest BCUT2D eigenvalue weighted by Crippen LogP contribution is 2.36. The standard InChI is InChI=1S/C21H21N3O2/c22-20(26)21(16-6-2-1-3-7-16)10-13-24(14-11-21)19(25)17-8-4-5-15-9-12-23-18(15)17/h1-9,12,23H,10-11,13-14H2,(H2,22,26). The minimum Gasteiger partial charge on any atom is -0.369 e. The number of rotatable bonds is 3. The lowest BCUT2D eigenvalue weighted by atomic mass is 9.72. The molecule has 0 unspecified atom stereocenters. The molecule has 2 aromatic carbocycles. The number of primary amides is 1. The van der Waals surface area contributed by atoms with Crippen molar-refractivity contribution in [2.45, 2.75) is 18.3 Å². The number of aromatic amines is 1. The lowest BCUT2D eigenvalue weighted by Gasteiger charge is -2.40. The molecule has 1 aromatic heterocycles. The number of nitrogens with one attached hydrogen (secondary N) is 1. The third kappa shape index (κ3) is 2.56. The van der Waals surface area contributed by atoms with E-state index in [1.165, 1.54) is 0 Å². The topological polar surface area (TPSA) is 79.2 Å². The number of fused-ring (bicyclic) bond motifs is 1. The van der Waals surface area contributed by atoms with Crippen LogP contribution < -0.4 is 5.73 Å². The highest BCUT2D eigenvalue weighted by molar-refractivity contribution is 6.05. The van der Waals surface area contributed by atoms with Gasteiger partial charge in [-0.15, -0.1) is 0 Å². The first-order valence-electron chi connectivity index (χ1n) is 8.83. The summed E-state index contributed by atoms with van der Waals surface area (Å²) in [5.74, 6) is -0.327. The Hall–Kier alpha value is -3.08. The molecular weight excluding hydrogens is 326 g/mol. The lowest BCUT2D eigenvalue weighted by molar-refractivity contribution is -0.125. The van der Waals surface area contributed by atoms with Crippen molar-refractivity contribution in [3.63, 3.8) is 0 Å². The van der Waals surface area contributed by atoms with Crippen LogP contribution in [0, 0.1) is 0 Å². The lowest BCUT2D eigenvalue weighted by Crippen LogP contribution is -2.51. The fourth-order valence-corrected chi connectivity index (χ4v) is 3.96. The molecule has 132 valence electrons. The van der Waals surface area contributed by atoms with Gasteiger partial charge in [-0.1, -0.05) is 42.5 Å². The molecule has 2 heterocycles. The first-order valence-corrected chi connectivity index (χ1v) is 8.83. The van der Waals surface area contributed by atoms with E-state index in [1.807, 2.05) is 65.7 Å². The van der Waals surface area contributed by atoms with Crippen LogP contribution in [0.4, 0.5) is 0 Å². The molecule has 3 aromatic rings. The predicted octanol–water partition coefficient (Wildman–Crippen LogP) is 2.83. The second-order valence-corrected chi connectivity index (χ2v) is 6.85. The van der Waals surface area contributed by atoms with Crippen LogP contribution >= 0.6 is 0 Å². The van der Waals surface area contributed by atoms with Crippen molar-refractivity contribution in [3.05, 3.63) is 71.9 Å². The molecule has 4 rings (SSSR count). The highest BCUT2D eigenvalue weighted by atomic mass is 16.2. The van der Waals surface area contributed by atoms with Crippen LogP contribution in [0.2, 0.25) is 0 Å². The van der Waals surface area contributed by atoms with Crippen LogP contribution in [-0.4, -0.2) is 34.8 Å². The van der Waals surface area contributed by atoms with E-state index in [1.54, 1.807) is 0 Å². The van der Waals surface area contributed by atoms with E-state index in [0.717, 1.165) is 16.5 Å². The Balaban J connectivity index is 1.59. The molecule has 0 atom stereocenters. The Bertz CT molecular complexity index is 954. The quantitative estimate of drug-likeness (QED) is 0.764. The molecule has 1 aliphatic heterocycles. The Morgan fingerprint density at radius 2 is 1.69 bits per heavy atom. The molecule has 0 aliphatic carbocycles. The molecular formula is C21H21N3O2. The number of carbonyl (C=O) groups excluding carboxylic acids is 2. The molecule has 1 saturated heterocycles. The average molecular weight is 347 g/mol. The van der Waals surface area contributed by atoms with E-state index in [4.69, 9.17) is 5.73 Å². The smallest absolute Gasteiger partial charge is 0.255 e. The number of likely N-dealkylation sites (tertiary alicyclic amines) is 1. The van der Waals surface area contributed by atoms with Crippen LogP contribution in [0.25, 0.3) is 10.9 Å². The van der Waals surface area contributed by atoms with Gasteiger partial charge in [0.1, 0.15) is 0 Å². The summed E-state index contributed by atoms with van der Waals surface area (Å²) in [4.78, 5) is 30.3. The van der Waals surface area contributed by atoms with Gasteiger partial charge in [0, 0.05) is 24.7 Å². The molecule has 3 N–H and O–H groups in total. The maximum atomic E-state index is 13.0. The summed E-state index contributed by atoms with van der Waals surface area (Å²) in [7, 11) is 0. The first kappa shape index (κ1) is 16.4. The Morgan fingerprint density at radius 1 is 0.962 bits per heavy atom. The number of H-pyrrole nitrogens is 1. The van der Waals surface area contributed by atoms with Gasteiger partial charge in [-0.25, -0.2) is 0 Å². The zero-order chi connectivity index (χ0) is 18.1. The van der Waals surface area contributed by atoms with Gasteiger partial charge < -0.3 is 15.6 Å². The summed E-state index contributed by atoms with van der Waals surface area (Å²) in [5.41, 5.74) is 7.54. The molecule has 1 aliphatic rings. The van der Waals surface area contributed by atoms with Crippen LogP contribution in [-0.2, 0) is 10.2 Å². The second kappa shape index (κ2) is 6.33. The summed E-state index contributed by atoms with van der Waals surface area (Å²) < 4.78 is 0. The van der Waals surface area contributed by atoms with E-state index < -0.39 is 5.41 Å². The zero-order valence-electron chi connectivity index (χ0n) is 14.4. The fourth-order valence-electron chi connectivity index (χ4n) is 3.96. The molecule has 26 heavy (non-hydrogen) atoms. The molecule has 2 amide bonds. The van der Waals surface area contributed by atoms with Crippen LogP contribution in [0.15, 0.2) is 60.8 Å². The van der Waals surface area contributed by atoms with E-state index in [9.17, 15) is 9.59 Å². The molecule has 0 bridgehead atoms. The van der Waals surface area contributed by atoms with Gasteiger partial charge in [-0.3, -0.25) is 9.59 Å². The SMILES string of the molecule is NC(=O)C1(c2ccccc2)CCN(C(=O)c2cccc3cc[nH]c23)CC1. The van der Waals surface area contributed by atoms with Gasteiger partial charge in [-0.05, 0) is 30.5 Å². The van der Waals surface area contributed by atoms with Gasteiger partial charge in [0.15, 0.2) is 0 Å². The summed E-state index contributed by atoms with van der Waals surface area (Å²) in [6, 6.07) is 17.3. The number of carbonyl (C=O) groups is 2. The summed E-state index contributed by atoms with van der Waals surface area (Å²) in [6.07, 6.45) is 2.92. The van der Waals surface area contributed by atoms with Crippen LogP contribution in [0.1, 0.15) is 28.8 Å². The highest BCUT2D eigenvalue weighted by Gasteiger charge is 2.42. The molecule has 5 nitrogen and oxygen atoms in total. The second-order valence-electron chi connectivity index (χ2n) is 6.85. The number of nitrogens with zero attached hydrogens (tertiary/aromatic N) is 1. The largest absolute Gasteiger partial charge is 0.369 e. The number of aromatic nitrogens is 1. The molecule has 0 spiro atoms. The van der Waals surface area contributed by atoms with Crippen molar-refractivity contribution in [3.8, 4) is 0 Å².